The maximum Gasteiger partial charge on any atom is 0.336 e. The highest BCUT2D eigenvalue weighted by Gasteiger charge is 2.30. The smallest absolute Gasteiger partial charge is 0.336 e. The third-order valence-electron chi connectivity index (χ3n) is 3.66. The Bertz CT molecular complexity index is 962. The highest BCUT2D eigenvalue weighted by Crippen LogP contribution is 2.35. The minimum Gasteiger partial charge on any atom is -0.495 e. The van der Waals surface area contributed by atoms with Crippen molar-refractivity contribution in [3.63, 3.8) is 0 Å². The summed E-state index contributed by atoms with van der Waals surface area (Å²) in [4.78, 5) is 12.5. The number of fused-ring (bicyclic) bond motifs is 1. The van der Waals surface area contributed by atoms with Gasteiger partial charge in [-0.1, -0.05) is 23.2 Å². The maximum absolute atomic E-state index is 12.5. The molecule has 0 spiro atoms. The first-order valence-electron chi connectivity index (χ1n) is 6.52. The highest BCUT2D eigenvalue weighted by atomic mass is 35.5. The molecule has 1 aromatic heterocycles. The number of sulfone groups is 1. The van der Waals surface area contributed by atoms with Gasteiger partial charge in [-0.15, -0.1) is 0 Å². The normalized spacial score (nSPS) is 16.1. The molecule has 0 unspecified atom stereocenters. The van der Waals surface area contributed by atoms with Crippen LogP contribution in [0.3, 0.4) is 0 Å². The molecule has 0 amide bonds. The zero-order chi connectivity index (χ0) is 16.9. The second-order valence-corrected chi connectivity index (χ2v) is 8.07. The largest absolute Gasteiger partial charge is 0.495 e. The Morgan fingerprint density at radius 1 is 1.26 bits per heavy atom. The van der Waals surface area contributed by atoms with Crippen molar-refractivity contribution in [1.29, 1.82) is 0 Å². The molecule has 0 radical (unpaired) electrons. The first kappa shape index (κ1) is 16.2. The van der Waals surface area contributed by atoms with Crippen LogP contribution in [0.1, 0.15) is 5.69 Å². The Kier molecular flexibility index (Phi) is 3.86. The lowest BCUT2D eigenvalue weighted by Gasteiger charge is -2.13. The van der Waals surface area contributed by atoms with Gasteiger partial charge in [0.05, 0.1) is 40.0 Å². The molecule has 0 saturated carbocycles. The first-order valence-corrected chi connectivity index (χ1v) is 9.10. The summed E-state index contributed by atoms with van der Waals surface area (Å²) in [5.74, 6) is -0.733. The molecule has 0 saturated heterocycles. The van der Waals surface area contributed by atoms with E-state index in [4.69, 9.17) is 27.9 Å². The molecule has 10 heteroatoms. The molecule has 0 bridgehead atoms. The molecule has 0 fully saturated rings. The summed E-state index contributed by atoms with van der Waals surface area (Å²) in [6, 6.07) is 2.79. The fourth-order valence-electron chi connectivity index (χ4n) is 2.52. The minimum absolute atomic E-state index is 0.0145. The molecule has 1 aromatic carbocycles. The summed E-state index contributed by atoms with van der Waals surface area (Å²) in [6.45, 7) is -0.0145. The maximum atomic E-state index is 12.5. The number of methoxy groups -OCH3 is 1. The van der Waals surface area contributed by atoms with E-state index >= 15 is 0 Å². The summed E-state index contributed by atoms with van der Waals surface area (Å²) < 4.78 is 30.7. The van der Waals surface area contributed by atoms with Crippen LogP contribution >= 0.6 is 23.2 Å². The van der Waals surface area contributed by atoms with E-state index in [-0.39, 0.29) is 39.5 Å². The van der Waals surface area contributed by atoms with Crippen molar-refractivity contribution in [3.05, 3.63) is 38.4 Å². The van der Waals surface area contributed by atoms with E-state index in [2.05, 4.69) is 0 Å². The summed E-state index contributed by atoms with van der Waals surface area (Å²) in [6.07, 6.45) is 0. The number of ether oxygens (including phenoxy) is 1. The first-order chi connectivity index (χ1) is 10.7. The number of imidazole rings is 1. The lowest BCUT2D eigenvalue weighted by Crippen LogP contribution is -2.31. The van der Waals surface area contributed by atoms with Crippen LogP contribution in [0.25, 0.3) is 5.69 Å². The molecular formula is C13H12Cl2N2O5S. The number of halogens is 2. The zero-order valence-corrected chi connectivity index (χ0v) is 14.2. The van der Waals surface area contributed by atoms with Crippen LogP contribution in [-0.2, 0) is 22.1 Å². The van der Waals surface area contributed by atoms with Gasteiger partial charge in [0.1, 0.15) is 5.75 Å². The van der Waals surface area contributed by atoms with Crippen molar-refractivity contribution >= 4 is 33.0 Å². The third-order valence-corrected chi connectivity index (χ3v) is 5.78. The van der Waals surface area contributed by atoms with E-state index < -0.39 is 27.2 Å². The molecule has 1 N–H and O–H groups in total. The number of hydrogen-bond donors (Lipinski definition) is 1. The number of aromatic hydroxyl groups is 1. The predicted octanol–water partition coefficient (Wildman–Crippen LogP) is 1.59. The average molecular weight is 379 g/mol. The fourth-order valence-corrected chi connectivity index (χ4v) is 4.38. The Balaban J connectivity index is 2.28. The zero-order valence-electron chi connectivity index (χ0n) is 11.9. The number of nitrogens with zero attached hydrogens (tertiary/aromatic N) is 2. The SMILES string of the molecule is COc1cc(-n2c(O)c3n(c2=O)CCS(=O)(=O)C3)c(Cl)cc1Cl. The molecule has 1 aliphatic heterocycles. The molecule has 2 heterocycles. The van der Waals surface area contributed by atoms with E-state index in [0.29, 0.717) is 0 Å². The quantitative estimate of drug-likeness (QED) is 0.856. The highest BCUT2D eigenvalue weighted by molar-refractivity contribution is 7.90. The Morgan fingerprint density at radius 3 is 2.61 bits per heavy atom. The van der Waals surface area contributed by atoms with Crippen molar-refractivity contribution in [2.75, 3.05) is 12.9 Å². The second-order valence-electron chi connectivity index (χ2n) is 5.07. The van der Waals surface area contributed by atoms with Crippen molar-refractivity contribution in [1.82, 2.24) is 9.13 Å². The van der Waals surface area contributed by atoms with Crippen molar-refractivity contribution < 1.29 is 18.3 Å². The van der Waals surface area contributed by atoms with Crippen LogP contribution in [0.15, 0.2) is 16.9 Å². The summed E-state index contributed by atoms with van der Waals surface area (Å²) in [5, 5.41) is 10.7. The fraction of sp³-hybridized carbons (Fsp3) is 0.308. The van der Waals surface area contributed by atoms with Crippen LogP contribution in [0, 0.1) is 0 Å². The molecular weight excluding hydrogens is 367 g/mol. The van der Waals surface area contributed by atoms with Crippen LogP contribution in [-0.4, -0.2) is 35.5 Å². The average Bonchev–Trinajstić information content (AvgIpc) is 2.70. The number of hydrogen-bond acceptors (Lipinski definition) is 5. The second kappa shape index (κ2) is 5.47. The van der Waals surface area contributed by atoms with Gasteiger partial charge in [0.2, 0.25) is 5.88 Å². The number of rotatable bonds is 2. The Hall–Kier alpha value is -1.64. The van der Waals surface area contributed by atoms with E-state index in [0.717, 1.165) is 4.57 Å². The summed E-state index contributed by atoms with van der Waals surface area (Å²) in [7, 11) is -1.94. The molecule has 7 nitrogen and oxygen atoms in total. The van der Waals surface area contributed by atoms with Gasteiger partial charge in [0.15, 0.2) is 9.84 Å². The topological polar surface area (TPSA) is 90.5 Å². The molecule has 23 heavy (non-hydrogen) atoms. The number of benzene rings is 1. The van der Waals surface area contributed by atoms with E-state index in [9.17, 15) is 18.3 Å². The van der Waals surface area contributed by atoms with E-state index in [1.807, 2.05) is 0 Å². The molecule has 124 valence electrons. The molecule has 0 atom stereocenters. The van der Waals surface area contributed by atoms with Crippen LogP contribution in [0.4, 0.5) is 0 Å². The van der Waals surface area contributed by atoms with Gasteiger partial charge < -0.3 is 9.84 Å². The number of aromatic nitrogens is 2. The minimum atomic E-state index is -3.35. The third kappa shape index (κ3) is 2.60. The molecule has 0 aliphatic carbocycles. The predicted molar refractivity (Wildman–Crippen MR) is 85.8 cm³/mol. The van der Waals surface area contributed by atoms with E-state index in [1.165, 1.54) is 23.8 Å². The van der Waals surface area contributed by atoms with Gasteiger partial charge >= 0.3 is 5.69 Å². The Morgan fingerprint density at radius 2 is 1.96 bits per heavy atom. The standard InChI is InChI=1S/C13H12Cl2N2O5S/c1-22-11-5-9(7(14)4-8(11)15)17-12(18)10-6-23(20,21)3-2-16(10)13(17)19/h4-5,18H,2-3,6H2,1H3. The van der Waals surface area contributed by atoms with Crippen LogP contribution in [0.2, 0.25) is 10.0 Å². The van der Waals surface area contributed by atoms with Gasteiger partial charge in [-0.05, 0) is 6.07 Å². The van der Waals surface area contributed by atoms with Gasteiger partial charge in [0.25, 0.3) is 0 Å². The van der Waals surface area contributed by atoms with Gasteiger partial charge in [0, 0.05) is 12.6 Å². The summed E-state index contributed by atoms with van der Waals surface area (Å²) in [5.41, 5.74) is -0.361. The van der Waals surface area contributed by atoms with Crippen LogP contribution < -0.4 is 10.4 Å². The monoisotopic (exact) mass is 378 g/mol. The van der Waals surface area contributed by atoms with Crippen molar-refractivity contribution in [2.24, 2.45) is 0 Å². The molecule has 3 rings (SSSR count). The summed E-state index contributed by atoms with van der Waals surface area (Å²) >= 11 is 12.1. The lowest BCUT2D eigenvalue weighted by atomic mass is 10.3. The van der Waals surface area contributed by atoms with Gasteiger partial charge in [-0.2, -0.15) is 0 Å². The molecule has 1 aliphatic rings. The molecule has 2 aromatic rings. The van der Waals surface area contributed by atoms with Crippen LogP contribution in [0.5, 0.6) is 11.6 Å². The Labute approximate surface area is 141 Å². The van der Waals surface area contributed by atoms with Gasteiger partial charge in [-0.3, -0.25) is 4.57 Å². The van der Waals surface area contributed by atoms with Gasteiger partial charge in [-0.25, -0.2) is 17.8 Å². The van der Waals surface area contributed by atoms with Crippen molar-refractivity contribution in [3.8, 4) is 17.3 Å². The van der Waals surface area contributed by atoms with Crippen molar-refractivity contribution in [2.45, 2.75) is 12.3 Å². The van der Waals surface area contributed by atoms with E-state index in [1.54, 1.807) is 0 Å². The lowest BCUT2D eigenvalue weighted by molar-refractivity contribution is 0.413.